The average molecular weight is 403 g/mol. The fourth-order valence-corrected chi connectivity index (χ4v) is 4.57. The van der Waals surface area contributed by atoms with Crippen LogP contribution in [0.3, 0.4) is 0 Å². The molecule has 0 radical (unpaired) electrons. The van der Waals surface area contributed by atoms with Crippen LogP contribution in [0, 0.1) is 0 Å². The molecule has 0 bridgehead atoms. The molecule has 0 aliphatic carbocycles. The molecule has 0 amide bonds. The first kappa shape index (κ1) is 20.0. The number of methoxy groups -OCH3 is 3. The van der Waals surface area contributed by atoms with Crippen LogP contribution in [0.2, 0.25) is 0 Å². The van der Waals surface area contributed by atoms with E-state index in [4.69, 9.17) is 14.2 Å². The van der Waals surface area contributed by atoms with Crippen molar-refractivity contribution in [2.45, 2.75) is 19.3 Å². The van der Waals surface area contributed by atoms with Crippen LogP contribution in [0.1, 0.15) is 25.0 Å². The molecule has 0 saturated carbocycles. The highest BCUT2D eigenvalue weighted by molar-refractivity contribution is 6.09. The summed E-state index contributed by atoms with van der Waals surface area (Å²) in [5, 5.41) is 2.58. The Morgan fingerprint density at radius 1 is 0.833 bits per heavy atom. The van der Waals surface area contributed by atoms with Crippen molar-refractivity contribution < 1.29 is 18.8 Å². The average Bonchev–Trinajstić information content (AvgIpc) is 2.96. The third kappa shape index (κ3) is 3.04. The van der Waals surface area contributed by atoms with Gasteiger partial charge in [-0.05, 0) is 54.5 Å². The molecule has 1 heterocycles. The molecular formula is C26H28NO3+. The molecule has 0 N–H and O–H groups in total. The molecule has 3 aromatic rings. The molecule has 0 saturated heterocycles. The summed E-state index contributed by atoms with van der Waals surface area (Å²) in [6.07, 6.45) is 4.29. The lowest BCUT2D eigenvalue weighted by Gasteiger charge is -2.17. The van der Waals surface area contributed by atoms with E-state index in [1.165, 1.54) is 27.7 Å². The smallest absolute Gasteiger partial charge is 0.210 e. The first-order valence-electron chi connectivity index (χ1n) is 10.0. The van der Waals surface area contributed by atoms with Gasteiger partial charge in [-0.3, -0.25) is 0 Å². The molecule has 3 aromatic carbocycles. The molecule has 0 aromatic heterocycles. The topological polar surface area (TPSA) is 30.7 Å². The zero-order valence-corrected chi connectivity index (χ0v) is 18.4. The third-order valence-corrected chi connectivity index (χ3v) is 6.02. The summed E-state index contributed by atoms with van der Waals surface area (Å²) < 4.78 is 18.7. The van der Waals surface area contributed by atoms with Gasteiger partial charge in [0.1, 0.15) is 7.05 Å². The molecule has 4 heteroatoms. The zero-order chi connectivity index (χ0) is 21.5. The highest BCUT2D eigenvalue weighted by Crippen LogP contribution is 2.44. The zero-order valence-electron chi connectivity index (χ0n) is 18.4. The van der Waals surface area contributed by atoms with Gasteiger partial charge in [0.15, 0.2) is 17.2 Å². The molecule has 154 valence electrons. The Balaban J connectivity index is 1.79. The maximum atomic E-state index is 5.50. The normalized spacial score (nSPS) is 15.0. The van der Waals surface area contributed by atoms with E-state index in [0.29, 0.717) is 17.2 Å². The van der Waals surface area contributed by atoms with Crippen LogP contribution < -0.4 is 14.2 Å². The van der Waals surface area contributed by atoms with Crippen molar-refractivity contribution in [3.05, 3.63) is 65.7 Å². The van der Waals surface area contributed by atoms with E-state index in [0.717, 1.165) is 5.56 Å². The standard InChI is InChI=1S/C26H28NO3/c1-26(2)23(14-11-17-15-21(28-4)25(30-6)22(16-17)29-5)27(3)20-13-12-18-9-7-8-10-19(18)24(20)26/h7-16H,1-6H3/q+1. The number of ether oxygens (including phenoxy) is 3. The molecule has 0 spiro atoms. The second-order valence-corrected chi connectivity index (χ2v) is 8.04. The Kier molecular flexibility index (Phi) is 5.02. The van der Waals surface area contributed by atoms with Crippen molar-refractivity contribution in [1.82, 2.24) is 0 Å². The highest BCUT2D eigenvalue weighted by Gasteiger charge is 2.44. The van der Waals surface area contributed by atoms with Gasteiger partial charge in [-0.2, -0.15) is 4.58 Å². The Bertz CT molecular complexity index is 1160. The second kappa shape index (κ2) is 7.52. The number of benzene rings is 3. The van der Waals surface area contributed by atoms with Gasteiger partial charge in [-0.15, -0.1) is 0 Å². The van der Waals surface area contributed by atoms with Crippen LogP contribution in [0.25, 0.3) is 16.8 Å². The van der Waals surface area contributed by atoms with Crippen molar-refractivity contribution in [2.75, 3.05) is 28.4 Å². The maximum Gasteiger partial charge on any atom is 0.210 e. The molecule has 0 fully saturated rings. The first-order chi connectivity index (χ1) is 14.4. The first-order valence-corrected chi connectivity index (χ1v) is 10.0. The minimum Gasteiger partial charge on any atom is -0.493 e. The largest absolute Gasteiger partial charge is 0.493 e. The van der Waals surface area contributed by atoms with Crippen LogP contribution in [0.5, 0.6) is 17.2 Å². The van der Waals surface area contributed by atoms with Gasteiger partial charge in [0.05, 0.1) is 26.7 Å². The van der Waals surface area contributed by atoms with Crippen molar-refractivity contribution in [2.24, 2.45) is 0 Å². The molecule has 1 aliphatic heterocycles. The summed E-state index contributed by atoms with van der Waals surface area (Å²) in [5.74, 6) is 1.90. The van der Waals surface area contributed by atoms with Crippen molar-refractivity contribution in [1.29, 1.82) is 0 Å². The second-order valence-electron chi connectivity index (χ2n) is 8.04. The fraction of sp³-hybridized carbons (Fsp3) is 0.269. The van der Waals surface area contributed by atoms with Crippen LogP contribution in [-0.2, 0) is 5.41 Å². The lowest BCUT2D eigenvalue weighted by molar-refractivity contribution is -0.401. The summed E-state index contributed by atoms with van der Waals surface area (Å²) >= 11 is 0. The van der Waals surface area contributed by atoms with Gasteiger partial charge in [0.25, 0.3) is 0 Å². The fourth-order valence-electron chi connectivity index (χ4n) is 4.57. The molecule has 30 heavy (non-hydrogen) atoms. The van der Waals surface area contributed by atoms with Gasteiger partial charge in [0.2, 0.25) is 11.4 Å². The SMILES string of the molecule is COc1cc(C=CC2=[N+](C)c3ccc4ccccc4c3C2(C)C)cc(OC)c1OC. The monoisotopic (exact) mass is 402 g/mol. The van der Waals surface area contributed by atoms with Gasteiger partial charge >= 0.3 is 0 Å². The van der Waals surface area contributed by atoms with E-state index in [9.17, 15) is 0 Å². The van der Waals surface area contributed by atoms with E-state index in [1.54, 1.807) is 21.3 Å². The number of rotatable bonds is 5. The van der Waals surface area contributed by atoms with E-state index in [-0.39, 0.29) is 5.41 Å². The summed E-state index contributed by atoms with van der Waals surface area (Å²) in [6, 6.07) is 16.9. The Hall–Kier alpha value is -3.27. The number of allylic oxidation sites excluding steroid dienone is 1. The summed E-state index contributed by atoms with van der Waals surface area (Å²) in [6.45, 7) is 4.58. The lowest BCUT2D eigenvalue weighted by Crippen LogP contribution is -2.26. The van der Waals surface area contributed by atoms with Crippen molar-refractivity contribution in [3.8, 4) is 17.2 Å². The summed E-state index contributed by atoms with van der Waals surface area (Å²) in [5.41, 5.74) is 4.72. The van der Waals surface area contributed by atoms with Crippen molar-refractivity contribution >= 4 is 28.2 Å². The van der Waals surface area contributed by atoms with Crippen LogP contribution in [0.15, 0.2) is 54.6 Å². The predicted octanol–water partition coefficient (Wildman–Crippen LogP) is 5.59. The van der Waals surface area contributed by atoms with Gasteiger partial charge in [-0.1, -0.05) is 24.3 Å². The number of hydrogen-bond donors (Lipinski definition) is 0. The minimum absolute atomic E-state index is 0.123. The summed E-state index contributed by atoms with van der Waals surface area (Å²) in [4.78, 5) is 0. The number of hydrogen-bond acceptors (Lipinski definition) is 3. The Morgan fingerprint density at radius 2 is 1.50 bits per heavy atom. The Labute approximate surface area is 178 Å². The molecule has 4 nitrogen and oxygen atoms in total. The summed E-state index contributed by atoms with van der Waals surface area (Å²) in [7, 11) is 7.02. The van der Waals surface area contributed by atoms with Gasteiger partial charge in [-0.25, -0.2) is 0 Å². The lowest BCUT2D eigenvalue weighted by atomic mass is 9.79. The maximum absolute atomic E-state index is 5.50. The number of nitrogens with zero attached hydrogens (tertiary/aromatic N) is 1. The van der Waals surface area contributed by atoms with E-state index >= 15 is 0 Å². The highest BCUT2D eigenvalue weighted by atomic mass is 16.5. The molecule has 0 atom stereocenters. The van der Waals surface area contributed by atoms with E-state index in [1.807, 2.05) is 12.1 Å². The Morgan fingerprint density at radius 3 is 2.13 bits per heavy atom. The minimum atomic E-state index is -0.123. The van der Waals surface area contributed by atoms with Gasteiger partial charge in [0, 0.05) is 17.7 Å². The van der Waals surface area contributed by atoms with Gasteiger partial charge < -0.3 is 14.2 Å². The molecular weight excluding hydrogens is 374 g/mol. The van der Waals surface area contributed by atoms with Crippen molar-refractivity contribution in [3.63, 3.8) is 0 Å². The molecule has 1 aliphatic rings. The van der Waals surface area contributed by atoms with Crippen LogP contribution >= 0.6 is 0 Å². The predicted molar refractivity (Wildman–Crippen MR) is 123 cm³/mol. The van der Waals surface area contributed by atoms with E-state index in [2.05, 4.69) is 74.0 Å². The number of fused-ring (bicyclic) bond motifs is 3. The van der Waals surface area contributed by atoms with E-state index < -0.39 is 0 Å². The van der Waals surface area contributed by atoms with Crippen LogP contribution in [-0.4, -0.2) is 38.7 Å². The quantitative estimate of drug-likeness (QED) is 0.522. The molecule has 4 rings (SSSR count). The van der Waals surface area contributed by atoms with Crippen LogP contribution in [0.4, 0.5) is 5.69 Å². The third-order valence-electron chi connectivity index (χ3n) is 6.02. The molecule has 0 unspecified atom stereocenters.